The maximum absolute atomic E-state index is 6.26. The van der Waals surface area contributed by atoms with Gasteiger partial charge in [-0.3, -0.25) is 4.90 Å². The number of unbranched alkanes of at least 4 members (excludes halogenated alkanes) is 1. The molecule has 83 heavy (non-hydrogen) atoms. The third-order valence-electron chi connectivity index (χ3n) is 19.0. The highest BCUT2D eigenvalue weighted by Crippen LogP contribution is 2.57. The lowest BCUT2D eigenvalue weighted by Crippen LogP contribution is -2.45. The molecule has 0 aromatic heterocycles. The van der Waals surface area contributed by atoms with Crippen LogP contribution in [0.25, 0.3) is 34.4 Å². The molecule has 7 aromatic rings. The van der Waals surface area contributed by atoms with Crippen molar-refractivity contribution >= 4 is 40.4 Å². The summed E-state index contributed by atoms with van der Waals surface area (Å²) in [5, 5.41) is 0. The Morgan fingerprint density at radius 3 is 2.05 bits per heavy atom. The second-order valence-corrected chi connectivity index (χ2v) is 23.8. The normalized spacial score (nSPS) is 22.5. The molecule has 0 spiro atoms. The molecule has 5 aliphatic carbocycles. The molecule has 0 bridgehead atoms. The summed E-state index contributed by atoms with van der Waals surface area (Å²) in [4.78, 5) is 5.33. The van der Waals surface area contributed by atoms with Gasteiger partial charge in [-0.15, -0.1) is 0 Å². The molecule has 13 rings (SSSR count). The topological polar surface area (TPSA) is 15.7 Å². The van der Waals surface area contributed by atoms with E-state index in [1.54, 1.807) is 5.57 Å². The average Bonchev–Trinajstić information content (AvgIpc) is 2.44. The van der Waals surface area contributed by atoms with E-state index >= 15 is 0 Å². The number of hydrogen-bond acceptors (Lipinski definition) is 3. The van der Waals surface area contributed by atoms with Crippen LogP contribution in [0.4, 0.5) is 17.1 Å². The van der Waals surface area contributed by atoms with Gasteiger partial charge in [0.2, 0.25) is 0 Å². The molecular weight excluding hydrogens is 1000 g/mol. The van der Waals surface area contributed by atoms with E-state index in [-0.39, 0.29) is 11.3 Å². The molecule has 1 saturated heterocycles. The zero-order chi connectivity index (χ0) is 56.3. The van der Waals surface area contributed by atoms with Crippen LogP contribution in [-0.2, 0) is 5.41 Å². The largest absolute Gasteiger partial charge is 0.493 e. The summed E-state index contributed by atoms with van der Waals surface area (Å²) in [7, 11) is 0. The first-order valence-electron chi connectivity index (χ1n) is 30.5. The molecule has 6 aliphatic rings. The number of nitrogens with zero attached hydrogens (tertiary/aromatic N) is 2. The molecule has 3 nitrogen and oxygen atoms in total. The van der Waals surface area contributed by atoms with Crippen LogP contribution in [0.1, 0.15) is 104 Å². The molecule has 1 heterocycles. The predicted molar refractivity (Wildman–Crippen MR) is 351 cm³/mol. The van der Waals surface area contributed by atoms with Gasteiger partial charge in [0.25, 0.3) is 0 Å². The number of fused-ring (bicyclic) bond motifs is 6. The monoisotopic (exact) mass is 1080 g/mol. The van der Waals surface area contributed by atoms with Crippen LogP contribution in [-0.4, -0.2) is 29.6 Å². The third kappa shape index (κ3) is 10.6. The van der Waals surface area contributed by atoms with Crippen molar-refractivity contribution in [2.45, 2.75) is 88.3 Å². The highest BCUT2D eigenvalue weighted by molar-refractivity contribution is 5.88. The minimum atomic E-state index is -0.314. The second-order valence-electron chi connectivity index (χ2n) is 23.8. The van der Waals surface area contributed by atoms with E-state index in [4.69, 9.17) is 4.74 Å². The SMILES string of the molecule is C=CC1=CC=C(C2C=CC(N3C4CC=C(c5ccc(C=C)cc5)C=C4C4C=C(c5ccc(N(c6ccccc6)c6ccc7c(c6)C(CCCCC(C)COc6ccc(C=C)cc6)(c6ccccc6)c6ccccc6-7)cc5)C=CC43)CC2)CC1. The first-order chi connectivity index (χ1) is 40.9. The molecule has 0 N–H and O–H groups in total. The van der Waals surface area contributed by atoms with E-state index in [1.165, 1.54) is 74.1 Å². The fraction of sp³-hybridized carbons (Fsp3) is 0.225. The Kier molecular flexibility index (Phi) is 15.4. The van der Waals surface area contributed by atoms with Crippen LogP contribution in [0.2, 0.25) is 0 Å². The van der Waals surface area contributed by atoms with Crippen molar-refractivity contribution in [3.05, 3.63) is 312 Å². The fourth-order valence-corrected chi connectivity index (χ4v) is 14.6. The summed E-state index contributed by atoms with van der Waals surface area (Å²) in [6, 6.07) is 66.2. The van der Waals surface area contributed by atoms with E-state index in [1.807, 2.05) is 30.4 Å². The highest BCUT2D eigenvalue weighted by atomic mass is 16.5. The van der Waals surface area contributed by atoms with E-state index in [9.17, 15) is 0 Å². The molecule has 0 amide bonds. The Bertz CT molecular complexity index is 3750. The number of benzene rings is 7. The van der Waals surface area contributed by atoms with Crippen LogP contribution < -0.4 is 9.64 Å². The summed E-state index contributed by atoms with van der Waals surface area (Å²) in [5.41, 5.74) is 21.7. The van der Waals surface area contributed by atoms with Crippen molar-refractivity contribution in [2.75, 3.05) is 11.5 Å². The van der Waals surface area contributed by atoms with Crippen molar-refractivity contribution < 1.29 is 4.74 Å². The van der Waals surface area contributed by atoms with E-state index < -0.39 is 0 Å². The molecule has 412 valence electrons. The Morgan fingerprint density at radius 1 is 0.639 bits per heavy atom. The zero-order valence-electron chi connectivity index (χ0n) is 48.1. The number of rotatable bonds is 19. The van der Waals surface area contributed by atoms with Gasteiger partial charge in [-0.25, -0.2) is 0 Å². The van der Waals surface area contributed by atoms with Crippen LogP contribution >= 0.6 is 0 Å². The van der Waals surface area contributed by atoms with Crippen molar-refractivity contribution in [3.63, 3.8) is 0 Å². The van der Waals surface area contributed by atoms with E-state index in [2.05, 4.69) is 255 Å². The number of para-hydroxylation sites is 1. The van der Waals surface area contributed by atoms with Crippen molar-refractivity contribution in [1.29, 1.82) is 0 Å². The van der Waals surface area contributed by atoms with Gasteiger partial charge in [0.1, 0.15) is 5.75 Å². The Hall–Kier alpha value is -8.50. The van der Waals surface area contributed by atoms with Gasteiger partial charge in [-0.2, -0.15) is 0 Å². The molecule has 0 radical (unpaired) electrons. The van der Waals surface area contributed by atoms with Crippen LogP contribution in [0, 0.1) is 17.8 Å². The Balaban J connectivity index is 0.801. The van der Waals surface area contributed by atoms with Crippen LogP contribution in [0.5, 0.6) is 5.75 Å². The lowest BCUT2D eigenvalue weighted by atomic mass is 9.69. The lowest BCUT2D eigenvalue weighted by molar-refractivity contribution is 0.163. The molecule has 7 atom stereocenters. The van der Waals surface area contributed by atoms with Gasteiger partial charge in [-0.1, -0.05) is 245 Å². The van der Waals surface area contributed by atoms with Crippen LogP contribution in [0.3, 0.4) is 0 Å². The summed E-state index contributed by atoms with van der Waals surface area (Å²) in [5.74, 6) is 2.14. The fourth-order valence-electron chi connectivity index (χ4n) is 14.6. The number of likely N-dealkylation sites (tertiary alicyclic amines) is 1. The maximum atomic E-state index is 6.26. The zero-order valence-corrected chi connectivity index (χ0v) is 48.1. The Labute approximate surface area is 493 Å². The van der Waals surface area contributed by atoms with Gasteiger partial charge in [0, 0.05) is 46.5 Å². The third-order valence-corrected chi connectivity index (χ3v) is 19.0. The second kappa shape index (κ2) is 23.8. The van der Waals surface area contributed by atoms with E-state index in [0.29, 0.717) is 36.6 Å². The van der Waals surface area contributed by atoms with Gasteiger partial charge in [-0.05, 0) is 178 Å². The minimum absolute atomic E-state index is 0.273. The van der Waals surface area contributed by atoms with Gasteiger partial charge >= 0.3 is 0 Å². The van der Waals surface area contributed by atoms with Gasteiger partial charge in [0.05, 0.1) is 6.61 Å². The van der Waals surface area contributed by atoms with Crippen LogP contribution in [0.15, 0.2) is 273 Å². The first-order valence-corrected chi connectivity index (χ1v) is 30.5. The molecule has 7 unspecified atom stereocenters. The summed E-state index contributed by atoms with van der Waals surface area (Å²) < 4.78 is 6.26. The standard InChI is InChI=1S/C80H76N2O/c1-5-57-25-31-60(32-26-57)61-35-43-69(44-36-61)82-78-49-39-64(62-33-27-58(6-2)28-34-62)52-74(78)75-53-65(40-50-79(75)82)63-37-41-68(42-38-63)81(67-21-12-9-13-22-67)70-45-48-73-72-23-14-15-24-76(72)80(77(73)54-70,66-19-10-8-11-20-66)51-17-16-18-56(4)55-83-71-46-29-59(7-3)30-47-71/h5-15,19-25,27-31,33-35,37-43,45-48,50,52-54,56,61,69,75,78-79H,1-3,16-18,26,32,36,44,49,51,55H2,4H3. The Morgan fingerprint density at radius 2 is 1.33 bits per heavy atom. The molecule has 7 aromatic carbocycles. The van der Waals surface area contributed by atoms with Gasteiger partial charge in [0.15, 0.2) is 0 Å². The molecular formula is C80H76N2O. The number of hydrogen-bond donors (Lipinski definition) is 0. The number of allylic oxidation sites excluding steroid dienone is 10. The maximum Gasteiger partial charge on any atom is 0.119 e. The van der Waals surface area contributed by atoms with Gasteiger partial charge < -0.3 is 9.64 Å². The smallest absolute Gasteiger partial charge is 0.119 e. The van der Waals surface area contributed by atoms with Crippen molar-refractivity contribution in [1.82, 2.24) is 4.90 Å². The summed E-state index contributed by atoms with van der Waals surface area (Å²) in [6.07, 6.45) is 38.1. The first kappa shape index (κ1) is 53.8. The minimum Gasteiger partial charge on any atom is -0.493 e. The van der Waals surface area contributed by atoms with Crippen molar-refractivity contribution in [3.8, 4) is 16.9 Å². The lowest BCUT2D eigenvalue weighted by Gasteiger charge is -2.39. The molecule has 1 fully saturated rings. The molecule has 1 aliphatic heterocycles. The van der Waals surface area contributed by atoms with Crippen molar-refractivity contribution in [2.24, 2.45) is 17.8 Å². The molecule has 3 heteroatoms. The molecule has 0 saturated carbocycles. The van der Waals surface area contributed by atoms with E-state index in [0.717, 1.165) is 78.9 Å². The summed E-state index contributed by atoms with van der Waals surface area (Å²) >= 11 is 0. The highest BCUT2D eigenvalue weighted by Gasteiger charge is 2.48. The summed E-state index contributed by atoms with van der Waals surface area (Å²) in [6.45, 7) is 15.0. The number of anilines is 3. The quantitative estimate of drug-likeness (QED) is 0.0593. The predicted octanol–water partition coefficient (Wildman–Crippen LogP) is 20.2. The average molecular weight is 1080 g/mol. The number of ether oxygens (including phenoxy) is 1.